The van der Waals surface area contributed by atoms with Crippen LogP contribution in [0.15, 0.2) is 34.8 Å². The van der Waals surface area contributed by atoms with Crippen LogP contribution in [0.1, 0.15) is 12.3 Å². The first-order valence-electron chi connectivity index (χ1n) is 6.76. The second kappa shape index (κ2) is 5.91. The smallest absolute Gasteiger partial charge is 0.244 e. The molecule has 2 heterocycles. The van der Waals surface area contributed by atoms with Gasteiger partial charge in [-0.15, -0.1) is 0 Å². The zero-order valence-electron chi connectivity index (χ0n) is 11.4. The molecule has 21 heavy (non-hydrogen) atoms. The maximum Gasteiger partial charge on any atom is 0.244 e. The Morgan fingerprint density at radius 3 is 3.14 bits per heavy atom. The molecule has 1 amide bonds. The number of hydrogen-bond donors (Lipinski definition) is 2. The highest BCUT2D eigenvalue weighted by molar-refractivity contribution is 7.99. The Kier molecular flexibility index (Phi) is 3.98. The Labute approximate surface area is 126 Å². The van der Waals surface area contributed by atoms with Crippen LogP contribution in [0.3, 0.4) is 0 Å². The molecule has 1 aliphatic rings. The number of para-hydroxylation sites is 2. The molecule has 2 aromatic rings. The van der Waals surface area contributed by atoms with Gasteiger partial charge in [0.2, 0.25) is 11.8 Å². The molecule has 2 N–H and O–H groups in total. The summed E-state index contributed by atoms with van der Waals surface area (Å²) in [5.41, 5.74) is 0.677. The maximum atomic E-state index is 11.7. The van der Waals surface area contributed by atoms with Gasteiger partial charge >= 0.3 is 0 Å². The van der Waals surface area contributed by atoms with Crippen LogP contribution in [0.25, 0.3) is 17.2 Å². The molecule has 0 radical (unpaired) electrons. The zero-order chi connectivity index (χ0) is 14.7. The number of fused-ring (bicyclic) bond motifs is 1. The van der Waals surface area contributed by atoms with Crippen molar-refractivity contribution in [2.45, 2.75) is 12.0 Å². The van der Waals surface area contributed by atoms with Crippen LogP contribution >= 0.6 is 11.8 Å². The first-order chi connectivity index (χ1) is 10.1. The number of hydrogen-bond acceptors (Lipinski definition) is 5. The van der Waals surface area contributed by atoms with E-state index in [0.717, 1.165) is 11.3 Å². The molecule has 5 nitrogen and oxygen atoms in total. The standard InChI is InChI=1S/C15H16N2O3S/c18-13(16-9-15(19)7-8-21-10-15)5-6-14-17-11-3-1-2-4-12(11)20-14/h1-6,19H,7-10H2,(H,16,18). The van der Waals surface area contributed by atoms with Gasteiger partial charge in [-0.1, -0.05) is 12.1 Å². The quantitative estimate of drug-likeness (QED) is 0.843. The van der Waals surface area contributed by atoms with Crippen molar-refractivity contribution in [1.29, 1.82) is 0 Å². The van der Waals surface area contributed by atoms with E-state index in [1.807, 2.05) is 24.3 Å². The largest absolute Gasteiger partial charge is 0.437 e. The van der Waals surface area contributed by atoms with Crippen molar-refractivity contribution in [1.82, 2.24) is 10.3 Å². The first-order valence-corrected chi connectivity index (χ1v) is 7.92. The van der Waals surface area contributed by atoms with Crippen LogP contribution in [-0.4, -0.2) is 39.6 Å². The van der Waals surface area contributed by atoms with Crippen LogP contribution in [-0.2, 0) is 4.79 Å². The number of aromatic nitrogens is 1. The summed E-state index contributed by atoms with van der Waals surface area (Å²) in [5.74, 6) is 1.73. The Morgan fingerprint density at radius 1 is 1.52 bits per heavy atom. The van der Waals surface area contributed by atoms with Gasteiger partial charge in [0, 0.05) is 24.4 Å². The molecule has 1 aromatic heterocycles. The number of nitrogens with one attached hydrogen (secondary N) is 1. The summed E-state index contributed by atoms with van der Waals surface area (Å²) in [6.45, 7) is 0.275. The van der Waals surface area contributed by atoms with Crippen LogP contribution in [0.2, 0.25) is 0 Å². The molecule has 1 atom stereocenters. The van der Waals surface area contributed by atoms with E-state index in [1.54, 1.807) is 11.8 Å². The van der Waals surface area contributed by atoms with Crippen LogP contribution < -0.4 is 5.32 Å². The highest BCUT2D eigenvalue weighted by Crippen LogP contribution is 2.26. The fraction of sp³-hybridized carbons (Fsp3) is 0.333. The molecule has 0 saturated carbocycles. The van der Waals surface area contributed by atoms with Crippen molar-refractivity contribution in [2.75, 3.05) is 18.1 Å². The third kappa shape index (κ3) is 3.46. The number of benzene rings is 1. The molecule has 1 aliphatic heterocycles. The van der Waals surface area contributed by atoms with Gasteiger partial charge in [-0.2, -0.15) is 11.8 Å². The lowest BCUT2D eigenvalue weighted by molar-refractivity contribution is -0.117. The predicted octanol–water partition coefficient (Wildman–Crippen LogP) is 1.83. The predicted molar refractivity (Wildman–Crippen MR) is 82.9 cm³/mol. The normalized spacial score (nSPS) is 22.1. The van der Waals surface area contributed by atoms with Gasteiger partial charge in [0.05, 0.1) is 5.60 Å². The third-order valence-corrected chi connectivity index (χ3v) is 4.60. The minimum Gasteiger partial charge on any atom is -0.437 e. The Bertz CT molecular complexity index is 641. The number of rotatable bonds is 4. The number of oxazole rings is 1. The molecule has 1 aromatic carbocycles. The van der Waals surface area contributed by atoms with Gasteiger partial charge in [-0.05, 0) is 24.3 Å². The first kappa shape index (κ1) is 14.2. The van der Waals surface area contributed by atoms with E-state index in [-0.39, 0.29) is 12.5 Å². The zero-order valence-corrected chi connectivity index (χ0v) is 12.2. The van der Waals surface area contributed by atoms with E-state index in [9.17, 15) is 9.90 Å². The number of aliphatic hydroxyl groups is 1. The molecule has 6 heteroatoms. The molecular weight excluding hydrogens is 288 g/mol. The summed E-state index contributed by atoms with van der Waals surface area (Å²) in [7, 11) is 0. The number of amides is 1. The fourth-order valence-electron chi connectivity index (χ4n) is 2.15. The number of carbonyl (C=O) groups is 1. The van der Waals surface area contributed by atoms with Crippen molar-refractivity contribution in [3.63, 3.8) is 0 Å². The summed E-state index contributed by atoms with van der Waals surface area (Å²) in [6.07, 6.45) is 3.62. The molecule has 1 unspecified atom stereocenters. The fourth-order valence-corrected chi connectivity index (χ4v) is 3.45. The molecule has 0 spiro atoms. The van der Waals surface area contributed by atoms with Gasteiger partial charge in [-0.25, -0.2) is 4.98 Å². The summed E-state index contributed by atoms with van der Waals surface area (Å²) >= 11 is 1.70. The van der Waals surface area contributed by atoms with Gasteiger partial charge in [0.25, 0.3) is 0 Å². The Hall–Kier alpha value is -1.79. The maximum absolute atomic E-state index is 11.7. The van der Waals surface area contributed by atoms with Crippen molar-refractivity contribution >= 4 is 34.8 Å². The molecule has 3 rings (SSSR count). The van der Waals surface area contributed by atoms with E-state index in [1.165, 1.54) is 12.2 Å². The van der Waals surface area contributed by atoms with Gasteiger partial charge in [-0.3, -0.25) is 4.79 Å². The van der Waals surface area contributed by atoms with Gasteiger partial charge < -0.3 is 14.8 Å². The Balaban J connectivity index is 1.58. The molecule has 1 fully saturated rings. The van der Waals surface area contributed by atoms with Gasteiger partial charge in [0.15, 0.2) is 5.58 Å². The monoisotopic (exact) mass is 304 g/mol. The summed E-state index contributed by atoms with van der Waals surface area (Å²) < 4.78 is 5.49. The lowest BCUT2D eigenvalue weighted by Crippen LogP contribution is -2.42. The second-order valence-corrected chi connectivity index (χ2v) is 6.20. The van der Waals surface area contributed by atoms with E-state index in [4.69, 9.17) is 4.42 Å². The Morgan fingerprint density at radius 2 is 2.38 bits per heavy atom. The number of carbonyl (C=O) groups excluding carboxylic acids is 1. The van der Waals surface area contributed by atoms with Crippen LogP contribution in [0.5, 0.6) is 0 Å². The minimum absolute atomic E-state index is 0.261. The van der Waals surface area contributed by atoms with Crippen molar-refractivity contribution < 1.29 is 14.3 Å². The molecule has 110 valence electrons. The van der Waals surface area contributed by atoms with E-state index < -0.39 is 5.60 Å². The summed E-state index contributed by atoms with van der Waals surface area (Å²) in [5, 5.41) is 12.8. The average Bonchev–Trinajstić information content (AvgIpc) is 3.09. The van der Waals surface area contributed by atoms with Crippen molar-refractivity contribution in [3.8, 4) is 0 Å². The molecular formula is C15H16N2O3S. The third-order valence-electron chi connectivity index (χ3n) is 3.36. The molecule has 1 saturated heterocycles. The topological polar surface area (TPSA) is 75.4 Å². The van der Waals surface area contributed by atoms with Gasteiger partial charge in [0.1, 0.15) is 5.52 Å². The summed E-state index contributed by atoms with van der Waals surface area (Å²) in [6, 6.07) is 7.43. The number of thioether (sulfide) groups is 1. The lowest BCUT2D eigenvalue weighted by atomic mass is 10.0. The highest BCUT2D eigenvalue weighted by atomic mass is 32.2. The molecule has 0 bridgehead atoms. The molecule has 0 aliphatic carbocycles. The van der Waals surface area contributed by atoms with Crippen LogP contribution in [0, 0.1) is 0 Å². The second-order valence-electron chi connectivity index (χ2n) is 5.10. The summed E-state index contributed by atoms with van der Waals surface area (Å²) in [4.78, 5) is 16.0. The van der Waals surface area contributed by atoms with Crippen LogP contribution in [0.4, 0.5) is 0 Å². The highest BCUT2D eigenvalue weighted by Gasteiger charge is 2.31. The van der Waals surface area contributed by atoms with Crippen molar-refractivity contribution in [3.05, 3.63) is 36.2 Å². The average molecular weight is 304 g/mol. The minimum atomic E-state index is -0.772. The van der Waals surface area contributed by atoms with E-state index >= 15 is 0 Å². The number of nitrogens with zero attached hydrogens (tertiary/aromatic N) is 1. The SMILES string of the molecule is O=C(C=Cc1nc2ccccc2o1)NCC1(O)CCSC1. The van der Waals surface area contributed by atoms with E-state index in [0.29, 0.717) is 23.6 Å². The van der Waals surface area contributed by atoms with Crippen molar-refractivity contribution in [2.24, 2.45) is 0 Å². The van der Waals surface area contributed by atoms with E-state index in [2.05, 4.69) is 10.3 Å². The lowest BCUT2D eigenvalue weighted by Gasteiger charge is -2.20.